The summed E-state index contributed by atoms with van der Waals surface area (Å²) in [5.41, 5.74) is 0.571. The summed E-state index contributed by atoms with van der Waals surface area (Å²) in [4.78, 5) is 12.1. The molecule has 0 bridgehead atoms. The van der Waals surface area contributed by atoms with Gasteiger partial charge in [-0.25, -0.2) is 4.39 Å². The molecule has 1 aromatic carbocycles. The second kappa shape index (κ2) is 4.75. The van der Waals surface area contributed by atoms with E-state index in [0.717, 1.165) is 12.1 Å². The summed E-state index contributed by atoms with van der Waals surface area (Å²) in [6.45, 7) is 1.52. The van der Waals surface area contributed by atoms with Crippen molar-refractivity contribution in [3.8, 4) is 5.75 Å². The van der Waals surface area contributed by atoms with Crippen molar-refractivity contribution >= 4 is 29.0 Å². The summed E-state index contributed by atoms with van der Waals surface area (Å²) in [6, 6.07) is 2.17. The smallest absolute Gasteiger partial charge is 0.193 e. The molecule has 0 saturated heterocycles. The van der Waals surface area contributed by atoms with Crippen LogP contribution in [0.2, 0.25) is 0 Å². The summed E-state index contributed by atoms with van der Waals surface area (Å²) >= 11 is 11.6. The van der Waals surface area contributed by atoms with Crippen LogP contribution in [0.25, 0.3) is 0 Å². The van der Waals surface area contributed by atoms with Gasteiger partial charge in [-0.15, -0.1) is 0 Å². The number of aromatic hydroxyl groups is 1. The number of hydrogen-bond acceptors (Lipinski definition) is 2. The number of carbonyl (C=O) groups is 1. The number of ketones is 1. The molecule has 18 heavy (non-hydrogen) atoms. The summed E-state index contributed by atoms with van der Waals surface area (Å²) in [7, 11) is 0. The number of carbonyl (C=O) groups excluding carboxylic acids is 1. The second-order valence-corrected chi connectivity index (χ2v) is 4.91. The Labute approximate surface area is 113 Å². The molecule has 1 N–H and O–H groups in total. The van der Waals surface area contributed by atoms with Gasteiger partial charge in [-0.2, -0.15) is 0 Å². The van der Waals surface area contributed by atoms with Gasteiger partial charge in [-0.1, -0.05) is 23.2 Å². The minimum Gasteiger partial charge on any atom is -0.507 e. The van der Waals surface area contributed by atoms with Crippen molar-refractivity contribution in [1.82, 2.24) is 0 Å². The van der Waals surface area contributed by atoms with Crippen LogP contribution in [0.15, 0.2) is 33.8 Å². The quantitative estimate of drug-likeness (QED) is 0.833. The van der Waals surface area contributed by atoms with Crippen LogP contribution in [0.5, 0.6) is 5.75 Å². The molecule has 0 amide bonds. The molecule has 1 aromatic rings. The molecule has 94 valence electrons. The van der Waals surface area contributed by atoms with Gasteiger partial charge >= 0.3 is 0 Å². The van der Waals surface area contributed by atoms with Crippen molar-refractivity contribution < 1.29 is 14.3 Å². The van der Waals surface area contributed by atoms with Gasteiger partial charge < -0.3 is 5.11 Å². The van der Waals surface area contributed by atoms with Crippen LogP contribution in [-0.2, 0) is 0 Å². The van der Waals surface area contributed by atoms with Crippen molar-refractivity contribution in [1.29, 1.82) is 0 Å². The molecule has 5 heteroatoms. The van der Waals surface area contributed by atoms with E-state index in [4.69, 9.17) is 23.2 Å². The average Bonchev–Trinajstić information content (AvgIpc) is 2.63. The third kappa shape index (κ3) is 2.28. The molecule has 1 aliphatic rings. The topological polar surface area (TPSA) is 37.3 Å². The lowest BCUT2D eigenvalue weighted by atomic mass is 9.99. The number of benzene rings is 1. The maximum absolute atomic E-state index is 13.3. The average molecular weight is 287 g/mol. The fourth-order valence-electron chi connectivity index (χ4n) is 1.76. The monoisotopic (exact) mass is 286 g/mol. The molecule has 0 saturated carbocycles. The first-order chi connectivity index (χ1) is 8.40. The number of Topliss-reactive ketones (excluding diaryl/α,β-unsaturated/α-hetero) is 1. The normalized spacial score (nSPS) is 15.0. The number of phenols is 1. The van der Waals surface area contributed by atoms with Gasteiger partial charge in [-0.3, -0.25) is 4.79 Å². The number of allylic oxidation sites excluding steroid dienone is 4. The first-order valence-electron chi connectivity index (χ1n) is 5.18. The lowest BCUT2D eigenvalue weighted by Gasteiger charge is -2.07. The lowest BCUT2D eigenvalue weighted by Crippen LogP contribution is -2.04. The zero-order valence-corrected chi connectivity index (χ0v) is 10.9. The third-order valence-corrected chi connectivity index (χ3v) is 3.48. The molecule has 0 fully saturated rings. The van der Waals surface area contributed by atoms with Crippen molar-refractivity contribution in [2.75, 3.05) is 0 Å². The first kappa shape index (κ1) is 13.1. The number of halogens is 3. The Morgan fingerprint density at radius 1 is 1.39 bits per heavy atom. The van der Waals surface area contributed by atoms with Crippen LogP contribution in [0.4, 0.5) is 4.39 Å². The largest absolute Gasteiger partial charge is 0.507 e. The highest BCUT2D eigenvalue weighted by Crippen LogP contribution is 2.34. The Bertz CT molecular complexity index is 603. The Hall–Kier alpha value is -1.32. The molecule has 0 unspecified atom stereocenters. The van der Waals surface area contributed by atoms with Crippen LogP contribution < -0.4 is 0 Å². The van der Waals surface area contributed by atoms with Gasteiger partial charge in [0.25, 0.3) is 0 Å². The van der Waals surface area contributed by atoms with Crippen molar-refractivity contribution in [3.63, 3.8) is 0 Å². The molecule has 0 radical (unpaired) electrons. The van der Waals surface area contributed by atoms with E-state index in [2.05, 4.69) is 0 Å². The highest BCUT2D eigenvalue weighted by atomic mass is 35.5. The zero-order chi connectivity index (χ0) is 13.4. The van der Waals surface area contributed by atoms with E-state index in [9.17, 15) is 14.3 Å². The Morgan fingerprint density at radius 2 is 2.06 bits per heavy atom. The van der Waals surface area contributed by atoms with Crippen LogP contribution >= 0.6 is 23.2 Å². The molecule has 0 aliphatic heterocycles. The predicted octanol–water partition coefficient (Wildman–Crippen LogP) is 4.04. The summed E-state index contributed by atoms with van der Waals surface area (Å²) in [5, 5.41) is 10.5. The number of hydrogen-bond donors (Lipinski definition) is 1. The Morgan fingerprint density at radius 3 is 2.61 bits per heavy atom. The molecule has 2 nitrogen and oxygen atoms in total. The highest BCUT2D eigenvalue weighted by Gasteiger charge is 2.23. The van der Waals surface area contributed by atoms with Crippen molar-refractivity contribution in [2.45, 2.75) is 13.3 Å². The molecular weight excluding hydrogens is 278 g/mol. The van der Waals surface area contributed by atoms with Gasteiger partial charge in [0.05, 0.1) is 10.6 Å². The molecule has 1 aliphatic carbocycles. The van der Waals surface area contributed by atoms with Crippen LogP contribution in [0.1, 0.15) is 22.3 Å². The summed E-state index contributed by atoms with van der Waals surface area (Å²) in [6.07, 6.45) is 1.64. The molecular formula is C13H9Cl2FO2. The van der Waals surface area contributed by atoms with Gasteiger partial charge in [0.2, 0.25) is 0 Å². The zero-order valence-electron chi connectivity index (χ0n) is 9.43. The summed E-state index contributed by atoms with van der Waals surface area (Å²) < 4.78 is 13.3. The maximum atomic E-state index is 13.3. The number of rotatable bonds is 2. The van der Waals surface area contributed by atoms with E-state index in [-0.39, 0.29) is 17.7 Å². The van der Waals surface area contributed by atoms with Crippen LogP contribution in [-0.4, -0.2) is 10.9 Å². The van der Waals surface area contributed by atoms with Crippen molar-refractivity contribution in [3.05, 3.63) is 50.8 Å². The van der Waals surface area contributed by atoms with E-state index in [0.29, 0.717) is 21.2 Å². The van der Waals surface area contributed by atoms with Gasteiger partial charge in [0.1, 0.15) is 11.6 Å². The summed E-state index contributed by atoms with van der Waals surface area (Å²) in [5.74, 6) is -1.26. The van der Waals surface area contributed by atoms with Crippen LogP contribution in [0.3, 0.4) is 0 Å². The van der Waals surface area contributed by atoms with E-state index < -0.39 is 11.6 Å². The fourth-order valence-corrected chi connectivity index (χ4v) is 2.16. The number of aryl methyl sites for hydroxylation is 1. The molecule has 0 atom stereocenters. The SMILES string of the molecule is Cc1cc(F)cc(C(=O)C2=CC(Cl)=C(Cl)C2)c1O. The molecule has 0 heterocycles. The minimum atomic E-state index is -0.572. The lowest BCUT2D eigenvalue weighted by molar-refractivity contribution is 0.102. The van der Waals surface area contributed by atoms with E-state index in [1.54, 1.807) is 0 Å². The first-order valence-corrected chi connectivity index (χ1v) is 5.94. The van der Waals surface area contributed by atoms with Gasteiger partial charge in [-0.05, 0) is 30.7 Å². The van der Waals surface area contributed by atoms with E-state index >= 15 is 0 Å². The number of phenolic OH excluding ortho intramolecular Hbond substituents is 1. The predicted molar refractivity (Wildman–Crippen MR) is 68.6 cm³/mol. The van der Waals surface area contributed by atoms with Gasteiger partial charge in [0, 0.05) is 17.0 Å². The molecule has 2 rings (SSSR count). The fraction of sp³-hybridized carbons (Fsp3) is 0.154. The highest BCUT2D eigenvalue weighted by molar-refractivity contribution is 6.41. The van der Waals surface area contributed by atoms with E-state index in [1.807, 2.05) is 0 Å². The second-order valence-electron chi connectivity index (χ2n) is 4.05. The van der Waals surface area contributed by atoms with Crippen LogP contribution in [0, 0.1) is 12.7 Å². The third-order valence-electron chi connectivity index (χ3n) is 2.71. The van der Waals surface area contributed by atoms with E-state index in [1.165, 1.54) is 13.0 Å². The maximum Gasteiger partial charge on any atom is 0.193 e. The minimum absolute atomic E-state index is 0.0745. The Kier molecular flexibility index (Phi) is 3.46. The van der Waals surface area contributed by atoms with Gasteiger partial charge in [0.15, 0.2) is 5.78 Å². The van der Waals surface area contributed by atoms with Crippen molar-refractivity contribution in [2.24, 2.45) is 0 Å². The Balaban J connectivity index is 2.40. The standard InChI is InChI=1S/C13H9Cl2FO2/c1-6-2-8(16)5-9(12(6)17)13(18)7-3-10(14)11(15)4-7/h2-3,5,17H,4H2,1H3. The molecule has 0 spiro atoms. The molecule has 0 aromatic heterocycles.